The molecule has 4 aliphatic rings. The first kappa shape index (κ1) is 40.7. The Morgan fingerprint density at radius 2 is 1.66 bits per heavy atom. The number of aromatic amines is 1. The van der Waals surface area contributed by atoms with Crippen LogP contribution in [-0.4, -0.2) is 88.4 Å². The highest BCUT2D eigenvalue weighted by atomic mass is 16.5. The predicted octanol–water partition coefficient (Wildman–Crippen LogP) is 7.94. The molecule has 5 aromatic rings. The Bertz CT molecular complexity index is 2610. The summed E-state index contributed by atoms with van der Waals surface area (Å²) in [5.41, 5.74) is 8.62. The van der Waals surface area contributed by atoms with Gasteiger partial charge in [-0.3, -0.25) is 14.6 Å². The number of carbonyl (C=O) groups is 4. The number of hydrogen-bond acceptors (Lipinski definition) is 9. The topological polar surface area (TPSA) is 168 Å². The van der Waals surface area contributed by atoms with Gasteiger partial charge in [-0.15, -0.1) is 0 Å². The number of likely N-dealkylation sites (tertiary alicyclic amines) is 2. The number of aliphatic imine (C=N–C) groups is 1. The molecule has 4 amide bonds. The summed E-state index contributed by atoms with van der Waals surface area (Å²) >= 11 is 0. The molecule has 3 N–H and O–H groups in total. The third-order valence-electron chi connectivity index (χ3n) is 12.9. The molecule has 2 saturated heterocycles. The van der Waals surface area contributed by atoms with Gasteiger partial charge in [-0.25, -0.2) is 14.6 Å². The summed E-state index contributed by atoms with van der Waals surface area (Å²) in [6, 6.07) is 22.0. The van der Waals surface area contributed by atoms with Gasteiger partial charge in [-0.05, 0) is 101 Å². The highest BCUT2D eigenvalue weighted by Crippen LogP contribution is 2.45. The van der Waals surface area contributed by atoms with Crippen LogP contribution in [0.15, 0.2) is 84.0 Å². The number of aromatic nitrogens is 2. The van der Waals surface area contributed by atoms with Gasteiger partial charge in [0.25, 0.3) is 0 Å². The van der Waals surface area contributed by atoms with Crippen molar-refractivity contribution in [3.05, 3.63) is 102 Å². The number of amides is 4. The number of imidazole rings is 1. The zero-order chi connectivity index (χ0) is 43.2. The van der Waals surface area contributed by atoms with E-state index < -0.39 is 24.3 Å². The molecule has 2 fully saturated rings. The van der Waals surface area contributed by atoms with E-state index in [-0.39, 0.29) is 35.9 Å². The Balaban J connectivity index is 0.933. The minimum atomic E-state index is -0.875. The Kier molecular flexibility index (Phi) is 10.9. The van der Waals surface area contributed by atoms with Gasteiger partial charge in [-0.1, -0.05) is 62.4 Å². The average molecular weight is 838 g/mol. The van der Waals surface area contributed by atoms with E-state index in [4.69, 9.17) is 24.2 Å². The van der Waals surface area contributed by atoms with Crippen LogP contribution in [0, 0.1) is 5.92 Å². The minimum absolute atomic E-state index is 0.0146. The molecule has 320 valence electrons. The number of H-pyrrole nitrogens is 1. The maximum atomic E-state index is 14.1. The fraction of sp³-hybridized carbons (Fsp3) is 0.375. The number of benzene rings is 4. The van der Waals surface area contributed by atoms with Crippen molar-refractivity contribution in [2.75, 3.05) is 20.8 Å². The van der Waals surface area contributed by atoms with Gasteiger partial charge in [0.2, 0.25) is 11.8 Å². The van der Waals surface area contributed by atoms with E-state index >= 15 is 0 Å². The molecule has 4 aliphatic heterocycles. The van der Waals surface area contributed by atoms with Crippen molar-refractivity contribution in [2.45, 2.75) is 89.7 Å². The minimum Gasteiger partial charge on any atom is -0.488 e. The summed E-state index contributed by atoms with van der Waals surface area (Å²) in [5, 5.41) is 7.63. The van der Waals surface area contributed by atoms with Crippen LogP contribution < -0.4 is 15.4 Å². The molecule has 0 radical (unpaired) electrons. The van der Waals surface area contributed by atoms with E-state index in [2.05, 4.69) is 58.1 Å². The second-order valence-electron chi connectivity index (χ2n) is 17.0. The van der Waals surface area contributed by atoms with Crippen molar-refractivity contribution in [3.63, 3.8) is 0 Å². The maximum absolute atomic E-state index is 14.1. The quantitative estimate of drug-likeness (QED) is 0.135. The van der Waals surface area contributed by atoms with E-state index in [1.54, 1.807) is 0 Å². The van der Waals surface area contributed by atoms with Gasteiger partial charge in [0.05, 0.1) is 43.9 Å². The summed E-state index contributed by atoms with van der Waals surface area (Å²) in [7, 11) is 2.59. The number of hydrogen-bond donors (Lipinski definition) is 3. The van der Waals surface area contributed by atoms with Crippen LogP contribution in [0.25, 0.3) is 33.2 Å². The molecule has 14 nitrogen and oxygen atoms in total. The van der Waals surface area contributed by atoms with Gasteiger partial charge < -0.3 is 39.6 Å². The van der Waals surface area contributed by atoms with Crippen LogP contribution in [0.4, 0.5) is 15.3 Å². The lowest BCUT2D eigenvalue weighted by molar-refractivity contribution is -0.137. The standard InChI is InChI=1S/C48H51N7O7/c1-26(2)42(52-47(58)60-4)46(57)55-27(3)13-18-40(55)44-49-24-38(51-44)30-14-16-32-31(20-30)25-62-41-23-33-29(21-35(32)41)15-17-36-34(33)22-37(50-36)39-12-9-19-54(39)45(56)43(53-48(59)61-5)28-10-7-6-8-11-28/h6-8,10-11,14-17,20-21,23-24,26-27,39-40,42-43H,9,12-13,18-19,22,25H2,1-5H3,(H,49,51)(H,52,58)(H,53,59)/t27-,39-,40-,42-,43+/m0/s1. The number of ether oxygens (including phenoxy) is 3. The number of alkyl carbamates (subject to hydrolysis) is 2. The summed E-state index contributed by atoms with van der Waals surface area (Å²) in [6.07, 6.45) is 4.35. The smallest absolute Gasteiger partial charge is 0.407 e. The van der Waals surface area contributed by atoms with E-state index in [1.807, 2.05) is 67.1 Å². The van der Waals surface area contributed by atoms with E-state index in [0.717, 1.165) is 87.1 Å². The predicted molar refractivity (Wildman–Crippen MR) is 234 cm³/mol. The van der Waals surface area contributed by atoms with Gasteiger partial charge in [0.15, 0.2) is 0 Å². The maximum Gasteiger partial charge on any atom is 0.407 e. The highest BCUT2D eigenvalue weighted by Gasteiger charge is 2.42. The van der Waals surface area contributed by atoms with Gasteiger partial charge in [0, 0.05) is 30.3 Å². The zero-order valence-electron chi connectivity index (χ0n) is 35.6. The van der Waals surface area contributed by atoms with Crippen molar-refractivity contribution in [3.8, 4) is 28.1 Å². The fourth-order valence-electron chi connectivity index (χ4n) is 9.68. The van der Waals surface area contributed by atoms with Crippen molar-refractivity contribution >= 4 is 46.2 Å². The molecule has 5 heterocycles. The summed E-state index contributed by atoms with van der Waals surface area (Å²) in [5.74, 6) is 1.06. The molecule has 0 aliphatic carbocycles. The molecule has 0 bridgehead atoms. The summed E-state index contributed by atoms with van der Waals surface area (Å²) in [4.78, 5) is 69.6. The first-order chi connectivity index (χ1) is 30.0. The van der Waals surface area contributed by atoms with Crippen molar-refractivity contribution in [2.24, 2.45) is 10.9 Å². The number of methoxy groups -OCH3 is 2. The Hall–Kier alpha value is -6.70. The van der Waals surface area contributed by atoms with Crippen LogP contribution in [0.3, 0.4) is 0 Å². The molecule has 5 atom stereocenters. The van der Waals surface area contributed by atoms with Crippen molar-refractivity contribution in [1.29, 1.82) is 0 Å². The van der Waals surface area contributed by atoms with Gasteiger partial charge >= 0.3 is 12.2 Å². The third kappa shape index (κ3) is 7.41. The van der Waals surface area contributed by atoms with Crippen LogP contribution in [0.2, 0.25) is 0 Å². The SMILES string of the molecule is COC(=O)N[C@H](C(=O)N1[C@@H](C)CC[C@H]1c1ncc(-c2ccc3c(c2)COc2cc4c5c(ccc4cc2-3)N=C([C@@H]2CCCN2C(=O)[C@H](NC(=O)OC)c2ccccc2)C5)[nH]1)C(C)C. The lowest BCUT2D eigenvalue weighted by atomic mass is 9.90. The second-order valence-corrected chi connectivity index (χ2v) is 17.0. The average Bonchev–Trinajstić information content (AvgIpc) is 4.12. The Labute approximate surface area is 360 Å². The number of carbonyl (C=O) groups excluding carboxylic acids is 4. The van der Waals surface area contributed by atoms with Crippen LogP contribution in [0.1, 0.15) is 81.1 Å². The van der Waals surface area contributed by atoms with E-state index in [9.17, 15) is 19.2 Å². The monoisotopic (exact) mass is 837 g/mol. The zero-order valence-corrected chi connectivity index (χ0v) is 35.6. The molecule has 1 aromatic heterocycles. The molecule has 0 saturated carbocycles. The lowest BCUT2D eigenvalue weighted by Crippen LogP contribution is -2.52. The van der Waals surface area contributed by atoms with Crippen LogP contribution in [-0.2, 0) is 32.1 Å². The molecular weight excluding hydrogens is 787 g/mol. The van der Waals surface area contributed by atoms with E-state index in [0.29, 0.717) is 31.0 Å². The first-order valence-corrected chi connectivity index (χ1v) is 21.4. The highest BCUT2D eigenvalue weighted by molar-refractivity contribution is 6.06. The number of nitrogens with one attached hydrogen (secondary N) is 3. The largest absolute Gasteiger partial charge is 0.488 e. The number of fused-ring (bicyclic) bond motifs is 6. The van der Waals surface area contributed by atoms with Gasteiger partial charge in [0.1, 0.15) is 30.3 Å². The normalized spacial score (nSPS) is 19.8. The van der Waals surface area contributed by atoms with Crippen LogP contribution >= 0.6 is 0 Å². The second kappa shape index (κ2) is 16.6. The first-order valence-electron chi connectivity index (χ1n) is 21.4. The molecule has 0 spiro atoms. The van der Waals surface area contributed by atoms with E-state index in [1.165, 1.54) is 14.2 Å². The van der Waals surface area contributed by atoms with Crippen molar-refractivity contribution in [1.82, 2.24) is 30.4 Å². The van der Waals surface area contributed by atoms with Gasteiger partial charge in [-0.2, -0.15) is 0 Å². The number of nitrogens with zero attached hydrogens (tertiary/aromatic N) is 4. The number of rotatable bonds is 9. The molecular formula is C48H51N7O7. The molecule has 4 aromatic carbocycles. The summed E-state index contributed by atoms with van der Waals surface area (Å²) < 4.78 is 16.2. The Morgan fingerprint density at radius 1 is 0.871 bits per heavy atom. The molecule has 14 heteroatoms. The third-order valence-corrected chi connectivity index (χ3v) is 12.9. The molecule has 62 heavy (non-hydrogen) atoms. The molecule has 9 rings (SSSR count). The molecule has 0 unspecified atom stereocenters. The Morgan fingerprint density at radius 3 is 2.44 bits per heavy atom. The van der Waals surface area contributed by atoms with Crippen LogP contribution in [0.5, 0.6) is 5.75 Å². The summed E-state index contributed by atoms with van der Waals surface area (Å²) in [6.45, 7) is 6.82. The lowest BCUT2D eigenvalue weighted by Gasteiger charge is -2.32. The van der Waals surface area contributed by atoms with Crippen molar-refractivity contribution < 1.29 is 33.4 Å². The fourth-order valence-corrected chi connectivity index (χ4v) is 9.68.